The van der Waals surface area contributed by atoms with E-state index in [1.807, 2.05) is 37.4 Å². The van der Waals surface area contributed by atoms with E-state index in [-0.39, 0.29) is 0 Å². The molecule has 0 saturated heterocycles. The van der Waals surface area contributed by atoms with E-state index in [0.717, 1.165) is 33.1 Å². The largest absolute Gasteiger partial charge is 0.373 e. The zero-order valence-electron chi connectivity index (χ0n) is 11.5. The molecule has 2 aromatic heterocycles. The fraction of sp³-hybridized carbons (Fsp3) is 0.125. The summed E-state index contributed by atoms with van der Waals surface area (Å²) in [6.07, 6.45) is 1.76. The van der Waals surface area contributed by atoms with Crippen molar-refractivity contribution in [2.75, 3.05) is 12.4 Å². The number of aromatic nitrogens is 2. The maximum Gasteiger partial charge on any atom is 0.130 e. The van der Waals surface area contributed by atoms with Crippen molar-refractivity contribution in [2.24, 2.45) is 0 Å². The number of benzene rings is 1. The summed E-state index contributed by atoms with van der Waals surface area (Å²) in [6.45, 7) is 0. The monoisotopic (exact) mass is 315 g/mol. The first-order valence-electron chi connectivity index (χ1n) is 6.57. The molecule has 1 aromatic carbocycles. The summed E-state index contributed by atoms with van der Waals surface area (Å²) in [4.78, 5) is 8.95. The lowest BCUT2D eigenvalue weighted by Crippen LogP contribution is -1.98. The summed E-state index contributed by atoms with van der Waals surface area (Å²) in [5.74, 6) is 1.67. The van der Waals surface area contributed by atoms with Crippen LogP contribution in [0.3, 0.4) is 0 Å². The highest BCUT2D eigenvalue weighted by Gasteiger charge is 2.08. The van der Waals surface area contributed by atoms with Crippen LogP contribution in [0.5, 0.6) is 0 Å². The van der Waals surface area contributed by atoms with Gasteiger partial charge in [-0.3, -0.25) is 0 Å². The van der Waals surface area contributed by atoms with Gasteiger partial charge in [0, 0.05) is 29.9 Å². The Morgan fingerprint density at radius 3 is 2.86 bits per heavy atom. The van der Waals surface area contributed by atoms with Crippen molar-refractivity contribution in [1.82, 2.24) is 9.97 Å². The predicted octanol–water partition coefficient (Wildman–Crippen LogP) is 4.62. The Morgan fingerprint density at radius 1 is 1.19 bits per heavy atom. The molecule has 0 aliphatic rings. The molecular formula is C16H14ClN3S. The number of hydrogen-bond donors (Lipinski definition) is 1. The molecule has 0 spiro atoms. The van der Waals surface area contributed by atoms with Crippen molar-refractivity contribution < 1.29 is 0 Å². The van der Waals surface area contributed by atoms with Gasteiger partial charge < -0.3 is 5.32 Å². The molecule has 0 amide bonds. The highest BCUT2D eigenvalue weighted by Crippen LogP contribution is 2.30. The van der Waals surface area contributed by atoms with E-state index in [1.54, 1.807) is 18.0 Å². The molecule has 3 aromatic rings. The van der Waals surface area contributed by atoms with Gasteiger partial charge in [-0.2, -0.15) is 0 Å². The standard InChI is InChI=1S/C16H14ClN3S/c1-18-15-12(9-11-5-2-3-7-14(11)20-15)10-21-16-13(17)6-4-8-19-16/h2-9H,10H2,1H3,(H,18,20). The van der Waals surface area contributed by atoms with Crippen LogP contribution in [0.2, 0.25) is 5.02 Å². The number of hydrogen-bond acceptors (Lipinski definition) is 4. The van der Waals surface area contributed by atoms with Crippen molar-refractivity contribution in [3.8, 4) is 0 Å². The molecule has 0 radical (unpaired) electrons. The quantitative estimate of drug-likeness (QED) is 0.713. The minimum atomic E-state index is 0.683. The van der Waals surface area contributed by atoms with Crippen molar-refractivity contribution >= 4 is 40.1 Å². The van der Waals surface area contributed by atoms with Gasteiger partial charge in [-0.05, 0) is 24.3 Å². The fourth-order valence-electron chi connectivity index (χ4n) is 2.11. The van der Waals surface area contributed by atoms with Crippen LogP contribution in [0.15, 0.2) is 53.7 Å². The number of nitrogens with one attached hydrogen (secondary N) is 1. The molecule has 0 saturated carbocycles. The Hall–Kier alpha value is -1.78. The minimum Gasteiger partial charge on any atom is -0.373 e. The van der Waals surface area contributed by atoms with Crippen molar-refractivity contribution in [3.05, 3.63) is 59.2 Å². The van der Waals surface area contributed by atoms with Crippen LogP contribution in [-0.2, 0) is 5.75 Å². The molecule has 21 heavy (non-hydrogen) atoms. The number of thioether (sulfide) groups is 1. The van der Waals surface area contributed by atoms with Gasteiger partial charge in [-0.1, -0.05) is 29.8 Å². The van der Waals surface area contributed by atoms with Gasteiger partial charge in [0.25, 0.3) is 0 Å². The summed E-state index contributed by atoms with van der Waals surface area (Å²) in [7, 11) is 1.89. The Kier molecular flexibility index (Phi) is 4.27. The van der Waals surface area contributed by atoms with Gasteiger partial charge in [0.05, 0.1) is 10.5 Å². The third kappa shape index (κ3) is 3.12. The number of rotatable bonds is 4. The van der Waals surface area contributed by atoms with Crippen molar-refractivity contribution in [2.45, 2.75) is 10.8 Å². The van der Waals surface area contributed by atoms with Crippen LogP contribution in [0, 0.1) is 0 Å². The Labute approximate surface area is 132 Å². The summed E-state index contributed by atoms with van der Waals surface area (Å²) in [6, 6.07) is 14.0. The Bertz CT molecular complexity index is 776. The van der Waals surface area contributed by atoms with Crippen molar-refractivity contribution in [1.29, 1.82) is 0 Å². The van der Waals surface area contributed by atoms with E-state index < -0.39 is 0 Å². The smallest absolute Gasteiger partial charge is 0.130 e. The summed E-state index contributed by atoms with van der Waals surface area (Å²) < 4.78 is 0. The molecule has 0 fully saturated rings. The summed E-state index contributed by atoms with van der Waals surface area (Å²) in [5.41, 5.74) is 2.13. The van der Waals surface area contributed by atoms with Crippen LogP contribution in [0.1, 0.15) is 5.56 Å². The van der Waals surface area contributed by atoms with Crippen LogP contribution < -0.4 is 5.32 Å². The van der Waals surface area contributed by atoms with E-state index in [9.17, 15) is 0 Å². The molecule has 2 heterocycles. The van der Waals surface area contributed by atoms with Gasteiger partial charge in [0.2, 0.25) is 0 Å². The molecular weight excluding hydrogens is 302 g/mol. The Balaban J connectivity index is 1.91. The van der Waals surface area contributed by atoms with E-state index in [1.165, 1.54) is 0 Å². The topological polar surface area (TPSA) is 37.8 Å². The summed E-state index contributed by atoms with van der Waals surface area (Å²) >= 11 is 7.76. The lowest BCUT2D eigenvalue weighted by Gasteiger charge is -2.10. The SMILES string of the molecule is CNc1nc2ccccc2cc1CSc1ncccc1Cl. The Morgan fingerprint density at radius 2 is 2.05 bits per heavy atom. The van der Waals surface area contributed by atoms with E-state index in [0.29, 0.717) is 5.02 Å². The molecule has 5 heteroatoms. The van der Waals surface area contributed by atoms with Gasteiger partial charge >= 0.3 is 0 Å². The molecule has 1 N–H and O–H groups in total. The maximum absolute atomic E-state index is 6.14. The van der Waals surface area contributed by atoms with Crippen molar-refractivity contribution in [3.63, 3.8) is 0 Å². The highest BCUT2D eigenvalue weighted by molar-refractivity contribution is 7.98. The van der Waals surface area contributed by atoms with Gasteiger partial charge in [-0.15, -0.1) is 11.8 Å². The molecule has 0 atom stereocenters. The van der Waals surface area contributed by atoms with Crippen LogP contribution in [-0.4, -0.2) is 17.0 Å². The lowest BCUT2D eigenvalue weighted by molar-refractivity contribution is 1.13. The first-order chi connectivity index (χ1) is 10.3. The van der Waals surface area contributed by atoms with Gasteiger partial charge in [-0.25, -0.2) is 9.97 Å². The third-order valence-electron chi connectivity index (χ3n) is 3.13. The zero-order valence-corrected chi connectivity index (χ0v) is 13.1. The van der Waals surface area contributed by atoms with E-state index in [4.69, 9.17) is 11.6 Å². The number of pyridine rings is 2. The van der Waals surface area contributed by atoms with E-state index >= 15 is 0 Å². The van der Waals surface area contributed by atoms with E-state index in [2.05, 4.69) is 27.4 Å². The highest BCUT2D eigenvalue weighted by atomic mass is 35.5. The third-order valence-corrected chi connectivity index (χ3v) is 4.60. The maximum atomic E-state index is 6.14. The molecule has 3 rings (SSSR count). The van der Waals surface area contributed by atoms with Crippen LogP contribution >= 0.6 is 23.4 Å². The minimum absolute atomic E-state index is 0.683. The zero-order chi connectivity index (χ0) is 14.7. The summed E-state index contributed by atoms with van der Waals surface area (Å²) in [5, 5.41) is 5.82. The van der Waals surface area contributed by atoms with Crippen LogP contribution in [0.25, 0.3) is 10.9 Å². The normalized spacial score (nSPS) is 10.8. The molecule has 3 nitrogen and oxygen atoms in total. The molecule has 0 aliphatic heterocycles. The van der Waals surface area contributed by atoms with Gasteiger partial charge in [0.1, 0.15) is 10.8 Å². The average Bonchev–Trinajstić information content (AvgIpc) is 2.53. The second-order valence-electron chi connectivity index (χ2n) is 4.52. The molecule has 106 valence electrons. The fourth-order valence-corrected chi connectivity index (χ4v) is 3.25. The number of anilines is 1. The molecule has 0 aliphatic carbocycles. The first kappa shape index (κ1) is 14.2. The second kappa shape index (κ2) is 6.33. The lowest BCUT2D eigenvalue weighted by atomic mass is 10.1. The first-order valence-corrected chi connectivity index (χ1v) is 7.94. The average molecular weight is 316 g/mol. The number of para-hydroxylation sites is 1. The molecule has 0 bridgehead atoms. The second-order valence-corrected chi connectivity index (χ2v) is 5.89. The number of halogens is 1. The number of nitrogens with zero attached hydrogens (tertiary/aromatic N) is 2. The molecule has 0 unspecified atom stereocenters. The predicted molar refractivity (Wildman–Crippen MR) is 90.1 cm³/mol. The van der Waals surface area contributed by atoms with Gasteiger partial charge in [0.15, 0.2) is 0 Å². The number of fused-ring (bicyclic) bond motifs is 1. The van der Waals surface area contributed by atoms with Crippen LogP contribution in [0.4, 0.5) is 5.82 Å².